The highest BCUT2D eigenvalue weighted by molar-refractivity contribution is 7.89. The van der Waals surface area contributed by atoms with Crippen LogP contribution in [0.15, 0.2) is 59.5 Å². The first-order chi connectivity index (χ1) is 12.6. The Balaban J connectivity index is 2.01. The van der Waals surface area contributed by atoms with Gasteiger partial charge < -0.3 is 9.47 Å². The zero-order chi connectivity index (χ0) is 18.8. The second kappa shape index (κ2) is 9.92. The molecule has 2 aromatic carbocycles. The van der Waals surface area contributed by atoms with Crippen LogP contribution in [0.3, 0.4) is 0 Å². The molecule has 0 N–H and O–H groups in total. The third-order valence-electron chi connectivity index (χ3n) is 3.73. The van der Waals surface area contributed by atoms with Crippen molar-refractivity contribution in [2.75, 3.05) is 33.4 Å². The molecule has 0 aliphatic rings. The molecule has 0 unspecified atom stereocenters. The molecule has 0 aromatic heterocycles. The first kappa shape index (κ1) is 19.9. The zero-order valence-corrected chi connectivity index (χ0v) is 15.5. The summed E-state index contributed by atoms with van der Waals surface area (Å²) in [5.74, 6) is 0.755. The van der Waals surface area contributed by atoms with E-state index in [-0.39, 0.29) is 11.4 Å². The Morgan fingerprint density at radius 1 is 1.00 bits per heavy atom. The molecule has 0 heterocycles. The van der Waals surface area contributed by atoms with Crippen molar-refractivity contribution in [1.82, 2.24) is 4.31 Å². The number of rotatable bonds is 10. The molecule has 0 radical (unpaired) electrons. The molecule has 0 fully saturated rings. The third-order valence-corrected chi connectivity index (χ3v) is 5.64. The number of ether oxygens (including phenoxy) is 2. The van der Waals surface area contributed by atoms with Gasteiger partial charge in [0.1, 0.15) is 5.75 Å². The van der Waals surface area contributed by atoms with Crippen molar-refractivity contribution in [3.63, 3.8) is 0 Å². The van der Waals surface area contributed by atoms with Crippen molar-refractivity contribution in [3.8, 4) is 11.8 Å². The maximum atomic E-state index is 12.8. The molecular formula is C19H22N2O4S. The van der Waals surface area contributed by atoms with Gasteiger partial charge in [-0.3, -0.25) is 0 Å². The lowest BCUT2D eigenvalue weighted by molar-refractivity contribution is 0.176. The van der Waals surface area contributed by atoms with Gasteiger partial charge in [0.2, 0.25) is 10.0 Å². The molecule has 2 rings (SSSR count). The lowest BCUT2D eigenvalue weighted by atomic mass is 10.2. The molecule has 0 aliphatic heterocycles. The monoisotopic (exact) mass is 374 g/mol. The Morgan fingerprint density at radius 3 is 2.31 bits per heavy atom. The van der Waals surface area contributed by atoms with Gasteiger partial charge in [0.15, 0.2) is 0 Å². The van der Waals surface area contributed by atoms with Crippen LogP contribution in [-0.2, 0) is 14.8 Å². The molecule has 0 saturated carbocycles. The van der Waals surface area contributed by atoms with Gasteiger partial charge in [0, 0.05) is 20.2 Å². The Hall–Kier alpha value is -2.40. The van der Waals surface area contributed by atoms with Gasteiger partial charge >= 0.3 is 0 Å². The van der Waals surface area contributed by atoms with Gasteiger partial charge in [-0.2, -0.15) is 9.57 Å². The van der Waals surface area contributed by atoms with Gasteiger partial charge in [-0.15, -0.1) is 0 Å². The van der Waals surface area contributed by atoms with E-state index in [0.29, 0.717) is 31.7 Å². The number of para-hydroxylation sites is 1. The lowest BCUT2D eigenvalue weighted by Gasteiger charge is -2.22. The number of nitrogens with zero attached hydrogens (tertiary/aromatic N) is 2. The number of sulfonamides is 1. The largest absolute Gasteiger partial charge is 0.494 e. The molecule has 0 atom stereocenters. The second-order valence-electron chi connectivity index (χ2n) is 5.55. The number of hydrogen-bond acceptors (Lipinski definition) is 5. The van der Waals surface area contributed by atoms with E-state index in [1.807, 2.05) is 36.4 Å². The van der Waals surface area contributed by atoms with Crippen molar-refractivity contribution < 1.29 is 17.9 Å². The highest BCUT2D eigenvalue weighted by atomic mass is 32.2. The minimum Gasteiger partial charge on any atom is -0.494 e. The van der Waals surface area contributed by atoms with E-state index in [1.165, 1.54) is 35.7 Å². The molecule has 7 heteroatoms. The normalized spacial score (nSPS) is 11.3. The van der Waals surface area contributed by atoms with Crippen LogP contribution in [0.25, 0.3) is 0 Å². The quantitative estimate of drug-likeness (QED) is 0.597. The maximum Gasteiger partial charge on any atom is 0.243 e. The molecule has 138 valence electrons. The van der Waals surface area contributed by atoms with E-state index in [9.17, 15) is 8.42 Å². The highest BCUT2D eigenvalue weighted by Gasteiger charge is 2.23. The zero-order valence-electron chi connectivity index (χ0n) is 14.7. The Morgan fingerprint density at radius 2 is 1.69 bits per heavy atom. The van der Waals surface area contributed by atoms with Gasteiger partial charge in [0.25, 0.3) is 0 Å². The summed E-state index contributed by atoms with van der Waals surface area (Å²) in [4.78, 5) is 0.164. The summed E-state index contributed by atoms with van der Waals surface area (Å²) in [5, 5.41) is 8.85. The van der Waals surface area contributed by atoms with Gasteiger partial charge in [-0.05, 0) is 42.8 Å². The van der Waals surface area contributed by atoms with Gasteiger partial charge in [0.05, 0.1) is 29.7 Å². The van der Waals surface area contributed by atoms with Crippen LogP contribution in [0.5, 0.6) is 5.75 Å². The van der Waals surface area contributed by atoms with Crippen LogP contribution in [0.4, 0.5) is 0 Å². The number of nitriles is 1. The Kier molecular flexibility index (Phi) is 7.60. The minimum absolute atomic E-state index is 0.164. The minimum atomic E-state index is -3.66. The summed E-state index contributed by atoms with van der Waals surface area (Å²) in [5.41, 5.74) is 0.420. The Bertz CT molecular complexity index is 815. The summed E-state index contributed by atoms with van der Waals surface area (Å²) in [7, 11) is -2.12. The van der Waals surface area contributed by atoms with E-state index in [0.717, 1.165) is 5.75 Å². The van der Waals surface area contributed by atoms with Crippen molar-refractivity contribution in [2.45, 2.75) is 11.3 Å². The predicted octanol–water partition coefficient (Wildman–Crippen LogP) is 2.66. The summed E-state index contributed by atoms with van der Waals surface area (Å²) in [6.45, 7) is 1.29. The molecule has 6 nitrogen and oxygen atoms in total. The lowest BCUT2D eigenvalue weighted by Crippen LogP contribution is -2.35. The van der Waals surface area contributed by atoms with E-state index >= 15 is 0 Å². The number of benzene rings is 2. The van der Waals surface area contributed by atoms with Gasteiger partial charge in [-0.1, -0.05) is 18.2 Å². The fraction of sp³-hybridized carbons (Fsp3) is 0.316. The second-order valence-corrected chi connectivity index (χ2v) is 7.49. The SMILES string of the molecule is COCCN(CCCOc1ccccc1)S(=O)(=O)c1ccc(C#N)cc1. The van der Waals surface area contributed by atoms with E-state index < -0.39 is 10.0 Å². The fourth-order valence-corrected chi connectivity index (χ4v) is 3.81. The fourth-order valence-electron chi connectivity index (χ4n) is 2.34. The molecule has 0 saturated heterocycles. The molecule has 0 amide bonds. The average molecular weight is 374 g/mol. The smallest absolute Gasteiger partial charge is 0.243 e. The van der Waals surface area contributed by atoms with Crippen LogP contribution in [-0.4, -0.2) is 46.1 Å². The predicted molar refractivity (Wildman–Crippen MR) is 98.3 cm³/mol. The first-order valence-electron chi connectivity index (χ1n) is 8.25. The summed E-state index contributed by atoms with van der Waals surface area (Å²) in [6.07, 6.45) is 0.550. The molecule has 0 spiro atoms. The molecule has 0 bridgehead atoms. The summed E-state index contributed by atoms with van der Waals surface area (Å²) < 4.78 is 37.7. The molecule has 2 aromatic rings. The van der Waals surface area contributed by atoms with Crippen LogP contribution >= 0.6 is 0 Å². The summed E-state index contributed by atoms with van der Waals surface area (Å²) in [6, 6.07) is 17.3. The average Bonchev–Trinajstić information content (AvgIpc) is 2.68. The van der Waals surface area contributed by atoms with Crippen molar-refractivity contribution in [3.05, 3.63) is 60.2 Å². The number of hydrogen-bond donors (Lipinski definition) is 0. The van der Waals surface area contributed by atoms with Crippen molar-refractivity contribution in [2.24, 2.45) is 0 Å². The molecule has 26 heavy (non-hydrogen) atoms. The number of methoxy groups -OCH3 is 1. The van der Waals surface area contributed by atoms with E-state index in [1.54, 1.807) is 0 Å². The highest BCUT2D eigenvalue weighted by Crippen LogP contribution is 2.17. The molecule has 0 aliphatic carbocycles. The topological polar surface area (TPSA) is 79.6 Å². The standard InChI is InChI=1S/C19H22N2O4S/c1-24-15-13-21(12-5-14-25-18-6-3-2-4-7-18)26(22,23)19-10-8-17(16-20)9-11-19/h2-4,6-11H,5,12-15H2,1H3. The van der Waals surface area contributed by atoms with Crippen LogP contribution < -0.4 is 4.74 Å². The van der Waals surface area contributed by atoms with Gasteiger partial charge in [-0.25, -0.2) is 8.42 Å². The van der Waals surface area contributed by atoms with Crippen molar-refractivity contribution in [1.29, 1.82) is 5.26 Å². The first-order valence-corrected chi connectivity index (χ1v) is 9.69. The third kappa shape index (κ3) is 5.56. The summed E-state index contributed by atoms with van der Waals surface area (Å²) >= 11 is 0. The van der Waals surface area contributed by atoms with Crippen molar-refractivity contribution >= 4 is 10.0 Å². The van der Waals surface area contributed by atoms with Crippen LogP contribution in [0.1, 0.15) is 12.0 Å². The molecular weight excluding hydrogens is 352 g/mol. The maximum absolute atomic E-state index is 12.8. The Labute approximate surface area is 154 Å². The van der Waals surface area contributed by atoms with Crippen LogP contribution in [0, 0.1) is 11.3 Å². The van der Waals surface area contributed by atoms with Crippen LogP contribution in [0.2, 0.25) is 0 Å². The van der Waals surface area contributed by atoms with E-state index in [4.69, 9.17) is 14.7 Å². The van der Waals surface area contributed by atoms with E-state index in [2.05, 4.69) is 0 Å².